The molecule has 0 aliphatic carbocycles. The van der Waals surface area contributed by atoms with Crippen molar-refractivity contribution in [2.45, 2.75) is 25.8 Å². The average Bonchev–Trinajstić information content (AvgIpc) is 3.45. The van der Waals surface area contributed by atoms with Gasteiger partial charge >= 0.3 is 5.69 Å². The Morgan fingerprint density at radius 1 is 1.25 bits per heavy atom. The van der Waals surface area contributed by atoms with E-state index in [0.717, 1.165) is 23.3 Å². The van der Waals surface area contributed by atoms with Gasteiger partial charge in [-0.1, -0.05) is 41.7 Å². The van der Waals surface area contributed by atoms with E-state index in [-0.39, 0.29) is 27.6 Å². The normalized spacial score (nSPS) is 15.0. The Labute approximate surface area is 185 Å². The Bertz CT molecular complexity index is 1390. The molecular formula is C22H18FN5O3S. The van der Waals surface area contributed by atoms with Crippen molar-refractivity contribution in [2.75, 3.05) is 0 Å². The number of hydrogen-bond donors (Lipinski definition) is 1. The molecule has 10 heteroatoms. The summed E-state index contributed by atoms with van der Waals surface area (Å²) in [6.45, 7) is 1.64. The lowest BCUT2D eigenvalue weighted by atomic mass is 10.1. The first-order valence-electron chi connectivity index (χ1n) is 9.93. The largest absolute Gasteiger partial charge is 0.442 e. The summed E-state index contributed by atoms with van der Waals surface area (Å²) in [6.07, 6.45) is 1.46. The second kappa shape index (κ2) is 7.72. The molecule has 4 aromatic rings. The number of thiazole rings is 1. The van der Waals surface area contributed by atoms with E-state index in [1.54, 1.807) is 17.6 Å². The summed E-state index contributed by atoms with van der Waals surface area (Å²) in [4.78, 5) is 28.4. The first-order chi connectivity index (χ1) is 15.4. The summed E-state index contributed by atoms with van der Waals surface area (Å²) in [7, 11) is 0. The maximum atomic E-state index is 14.8. The van der Waals surface area contributed by atoms with E-state index in [9.17, 15) is 14.0 Å². The predicted molar refractivity (Wildman–Crippen MR) is 116 cm³/mol. The first-order valence-corrected chi connectivity index (χ1v) is 10.7. The first kappa shape index (κ1) is 20.1. The van der Waals surface area contributed by atoms with Crippen molar-refractivity contribution in [3.05, 3.63) is 86.9 Å². The van der Waals surface area contributed by atoms with Crippen molar-refractivity contribution in [2.24, 2.45) is 5.73 Å². The van der Waals surface area contributed by atoms with Crippen LogP contribution >= 0.6 is 11.3 Å². The third-order valence-corrected chi connectivity index (χ3v) is 6.40. The lowest BCUT2D eigenvalue weighted by Crippen LogP contribution is -2.26. The van der Waals surface area contributed by atoms with Crippen molar-refractivity contribution in [1.29, 1.82) is 0 Å². The van der Waals surface area contributed by atoms with Gasteiger partial charge in [-0.3, -0.25) is 9.36 Å². The molecule has 0 spiro atoms. The van der Waals surface area contributed by atoms with Gasteiger partial charge in [0.15, 0.2) is 16.6 Å². The zero-order valence-electron chi connectivity index (χ0n) is 17.0. The van der Waals surface area contributed by atoms with Crippen molar-refractivity contribution in [1.82, 2.24) is 19.3 Å². The SMILES string of the molecule is Cc1nc(C(N)=O)sc1Oc1ccc(-n2nc3n(c2=O)[C@H](c2ccccc2)CC3)cc1F. The van der Waals surface area contributed by atoms with Gasteiger partial charge in [0.1, 0.15) is 5.82 Å². The average molecular weight is 451 g/mol. The fourth-order valence-corrected chi connectivity index (χ4v) is 4.63. The molecule has 1 aliphatic heterocycles. The molecule has 1 aliphatic rings. The zero-order valence-corrected chi connectivity index (χ0v) is 17.8. The number of amides is 1. The number of aromatic nitrogens is 4. The number of aryl methyl sites for hydroxylation is 2. The molecule has 0 unspecified atom stereocenters. The lowest BCUT2D eigenvalue weighted by Gasteiger charge is -2.12. The molecule has 0 saturated heterocycles. The molecule has 0 radical (unpaired) electrons. The number of hydrogen-bond acceptors (Lipinski definition) is 6. The monoisotopic (exact) mass is 451 g/mol. The zero-order chi connectivity index (χ0) is 22.4. The molecule has 2 aromatic heterocycles. The van der Waals surface area contributed by atoms with Crippen LogP contribution in [0.15, 0.2) is 53.3 Å². The number of carbonyl (C=O) groups excluding carboxylic acids is 1. The second-order valence-corrected chi connectivity index (χ2v) is 8.38. The van der Waals surface area contributed by atoms with E-state index >= 15 is 0 Å². The molecule has 32 heavy (non-hydrogen) atoms. The van der Waals surface area contributed by atoms with Gasteiger partial charge in [-0.05, 0) is 31.0 Å². The Kier molecular flexibility index (Phi) is 4.86. The summed E-state index contributed by atoms with van der Waals surface area (Å²) in [5.41, 5.74) is 6.69. The van der Waals surface area contributed by atoms with E-state index in [4.69, 9.17) is 10.5 Å². The topological polar surface area (TPSA) is 105 Å². The van der Waals surface area contributed by atoms with Crippen molar-refractivity contribution in [3.63, 3.8) is 0 Å². The highest BCUT2D eigenvalue weighted by Crippen LogP contribution is 2.34. The van der Waals surface area contributed by atoms with E-state index in [1.807, 2.05) is 30.3 Å². The maximum absolute atomic E-state index is 14.8. The van der Waals surface area contributed by atoms with Crippen LogP contribution in [0.4, 0.5) is 4.39 Å². The van der Waals surface area contributed by atoms with E-state index < -0.39 is 11.7 Å². The van der Waals surface area contributed by atoms with Gasteiger partial charge in [-0.25, -0.2) is 14.2 Å². The minimum Gasteiger partial charge on any atom is -0.442 e. The standard InChI is InChI=1S/C22H18FN5O3S/c1-12-21(32-20(25-12)19(24)29)31-17-9-7-14(11-15(17)23)28-22(30)27-16(8-10-18(27)26-28)13-5-3-2-4-6-13/h2-7,9,11,16H,8,10H2,1H3,(H2,24,29)/t16-/m0/s1. The highest BCUT2D eigenvalue weighted by molar-refractivity contribution is 7.15. The van der Waals surface area contributed by atoms with Gasteiger partial charge in [-0.15, -0.1) is 5.10 Å². The number of primary amides is 1. The quantitative estimate of drug-likeness (QED) is 0.501. The van der Waals surface area contributed by atoms with Crippen LogP contribution < -0.4 is 16.2 Å². The molecule has 5 rings (SSSR count). The smallest absolute Gasteiger partial charge is 0.351 e. The number of benzene rings is 2. The van der Waals surface area contributed by atoms with Gasteiger partial charge < -0.3 is 10.5 Å². The van der Waals surface area contributed by atoms with E-state index in [1.165, 1.54) is 16.8 Å². The van der Waals surface area contributed by atoms with Crippen LogP contribution in [0.5, 0.6) is 10.8 Å². The molecule has 1 atom stereocenters. The van der Waals surface area contributed by atoms with Crippen LogP contribution in [0.3, 0.4) is 0 Å². The number of rotatable bonds is 5. The van der Waals surface area contributed by atoms with Crippen LogP contribution in [0.25, 0.3) is 5.69 Å². The summed E-state index contributed by atoms with van der Waals surface area (Å²) in [5.74, 6) is -0.734. The Morgan fingerprint density at radius 2 is 2.03 bits per heavy atom. The maximum Gasteiger partial charge on any atom is 0.351 e. The molecule has 0 saturated carbocycles. The number of fused-ring (bicyclic) bond motifs is 1. The molecular weight excluding hydrogens is 433 g/mol. The van der Waals surface area contributed by atoms with Gasteiger partial charge in [0.25, 0.3) is 5.91 Å². The van der Waals surface area contributed by atoms with Gasteiger partial charge in [0.2, 0.25) is 5.06 Å². The molecule has 8 nitrogen and oxygen atoms in total. The van der Waals surface area contributed by atoms with Crippen LogP contribution in [0, 0.1) is 12.7 Å². The van der Waals surface area contributed by atoms with Crippen LogP contribution in [-0.4, -0.2) is 25.2 Å². The summed E-state index contributed by atoms with van der Waals surface area (Å²) < 4.78 is 23.3. The fourth-order valence-electron chi connectivity index (χ4n) is 3.84. The molecule has 0 fully saturated rings. The highest BCUT2D eigenvalue weighted by atomic mass is 32.1. The molecule has 3 heterocycles. The van der Waals surface area contributed by atoms with Crippen LogP contribution in [-0.2, 0) is 6.42 Å². The summed E-state index contributed by atoms with van der Waals surface area (Å²) >= 11 is 0.943. The lowest BCUT2D eigenvalue weighted by molar-refractivity contribution is 0.1000. The van der Waals surface area contributed by atoms with Crippen LogP contribution in [0.1, 0.15) is 39.3 Å². The van der Waals surface area contributed by atoms with E-state index in [0.29, 0.717) is 23.6 Å². The molecule has 0 bridgehead atoms. The number of halogens is 1. The molecule has 162 valence electrons. The van der Waals surface area contributed by atoms with Gasteiger partial charge in [0.05, 0.1) is 17.4 Å². The minimum absolute atomic E-state index is 0.0570. The third kappa shape index (κ3) is 3.38. The Morgan fingerprint density at radius 3 is 2.72 bits per heavy atom. The number of nitrogens with two attached hydrogens (primary N) is 1. The Hall–Kier alpha value is -3.79. The molecule has 2 N–H and O–H groups in total. The Balaban J connectivity index is 1.46. The summed E-state index contributed by atoms with van der Waals surface area (Å²) in [5, 5.41) is 4.79. The third-order valence-electron chi connectivity index (χ3n) is 5.35. The number of ether oxygens (including phenoxy) is 1. The number of nitrogens with zero attached hydrogens (tertiary/aromatic N) is 4. The molecule has 1 amide bonds. The fraction of sp³-hybridized carbons (Fsp3) is 0.182. The minimum atomic E-state index is -0.676. The highest BCUT2D eigenvalue weighted by Gasteiger charge is 2.29. The molecule has 2 aromatic carbocycles. The number of carbonyl (C=O) groups is 1. The van der Waals surface area contributed by atoms with E-state index in [2.05, 4.69) is 10.1 Å². The van der Waals surface area contributed by atoms with Gasteiger partial charge in [0, 0.05) is 12.5 Å². The van der Waals surface area contributed by atoms with Crippen molar-refractivity contribution >= 4 is 17.2 Å². The van der Waals surface area contributed by atoms with Gasteiger partial charge in [-0.2, -0.15) is 4.68 Å². The van der Waals surface area contributed by atoms with Crippen molar-refractivity contribution in [3.8, 4) is 16.5 Å². The van der Waals surface area contributed by atoms with Crippen LogP contribution in [0.2, 0.25) is 0 Å². The second-order valence-electron chi connectivity index (χ2n) is 7.42. The van der Waals surface area contributed by atoms with Crippen molar-refractivity contribution < 1.29 is 13.9 Å². The predicted octanol–water partition coefficient (Wildman–Crippen LogP) is 3.36. The summed E-state index contributed by atoms with van der Waals surface area (Å²) in [6, 6.07) is 13.9.